The fourth-order valence-electron chi connectivity index (χ4n) is 2.09. The fourth-order valence-corrected chi connectivity index (χ4v) is 2.09. The van der Waals surface area contributed by atoms with Crippen LogP contribution in [-0.2, 0) is 6.42 Å². The van der Waals surface area contributed by atoms with Crippen molar-refractivity contribution < 1.29 is 9.32 Å². The molecule has 0 aliphatic carbocycles. The summed E-state index contributed by atoms with van der Waals surface area (Å²) < 4.78 is 5.11. The maximum absolute atomic E-state index is 12.2. The average molecular weight is 258 g/mol. The lowest BCUT2D eigenvalue weighted by atomic mass is 10.0. The largest absolute Gasteiger partial charge is 0.338 e. The van der Waals surface area contributed by atoms with Crippen LogP contribution < -0.4 is 5.32 Å². The molecule has 0 aliphatic rings. The molecule has 0 bridgehead atoms. The minimum absolute atomic E-state index is 0.158. The zero-order valence-electron chi connectivity index (χ0n) is 11.5. The average Bonchev–Trinajstić information content (AvgIpc) is 2.77. The van der Waals surface area contributed by atoms with Crippen molar-refractivity contribution in [2.45, 2.75) is 33.6 Å². The van der Waals surface area contributed by atoms with Crippen LogP contribution in [0.4, 0.5) is 5.88 Å². The van der Waals surface area contributed by atoms with E-state index < -0.39 is 0 Å². The summed E-state index contributed by atoms with van der Waals surface area (Å²) in [5, 5.41) is 6.66. The van der Waals surface area contributed by atoms with Crippen molar-refractivity contribution >= 4 is 11.8 Å². The second-order valence-corrected chi connectivity index (χ2v) is 4.65. The first kappa shape index (κ1) is 13.3. The van der Waals surface area contributed by atoms with Crippen molar-refractivity contribution in [1.82, 2.24) is 5.16 Å². The molecular weight excluding hydrogens is 240 g/mol. The number of carbonyl (C=O) groups is 1. The molecule has 0 radical (unpaired) electrons. The third-order valence-electron chi connectivity index (χ3n) is 3.01. The summed E-state index contributed by atoms with van der Waals surface area (Å²) in [5.41, 5.74) is 3.45. The van der Waals surface area contributed by atoms with Crippen molar-refractivity contribution in [2.75, 3.05) is 5.32 Å². The van der Waals surface area contributed by atoms with Crippen LogP contribution in [0.1, 0.15) is 40.5 Å². The monoisotopic (exact) mass is 258 g/mol. The van der Waals surface area contributed by atoms with Gasteiger partial charge in [-0.3, -0.25) is 10.1 Å². The molecule has 19 heavy (non-hydrogen) atoms. The summed E-state index contributed by atoms with van der Waals surface area (Å²) in [5.74, 6) is 0.242. The molecule has 1 heterocycles. The molecule has 4 heteroatoms. The lowest BCUT2D eigenvalue weighted by Gasteiger charge is -2.08. The first-order valence-electron chi connectivity index (χ1n) is 6.45. The number of nitrogens with zero attached hydrogens (tertiary/aromatic N) is 1. The lowest BCUT2D eigenvalue weighted by Crippen LogP contribution is -2.14. The molecule has 0 unspecified atom stereocenters. The smallest absolute Gasteiger partial charge is 0.258 e. The zero-order valence-corrected chi connectivity index (χ0v) is 11.5. The number of aromatic nitrogens is 1. The Bertz CT molecular complexity index is 567. The second-order valence-electron chi connectivity index (χ2n) is 4.65. The quantitative estimate of drug-likeness (QED) is 0.913. The number of rotatable bonds is 4. The highest BCUT2D eigenvalue weighted by molar-refractivity contribution is 6.05. The van der Waals surface area contributed by atoms with Gasteiger partial charge >= 0.3 is 0 Å². The Kier molecular flexibility index (Phi) is 4.00. The summed E-state index contributed by atoms with van der Waals surface area (Å²) in [6, 6.07) is 7.56. The number of anilines is 1. The van der Waals surface area contributed by atoms with E-state index in [4.69, 9.17) is 4.52 Å². The Morgan fingerprint density at radius 3 is 2.63 bits per heavy atom. The highest BCUT2D eigenvalue weighted by atomic mass is 16.5. The number of aryl methyl sites for hydroxylation is 3. The number of hydrogen-bond acceptors (Lipinski definition) is 3. The van der Waals surface area contributed by atoms with E-state index in [1.54, 1.807) is 6.07 Å². The molecule has 2 aromatic rings. The summed E-state index contributed by atoms with van der Waals surface area (Å²) in [7, 11) is 0. The molecule has 0 aliphatic heterocycles. The van der Waals surface area contributed by atoms with Gasteiger partial charge in [0.2, 0.25) is 5.88 Å². The van der Waals surface area contributed by atoms with Crippen LogP contribution >= 0.6 is 0 Å². The Labute approximate surface area is 112 Å². The van der Waals surface area contributed by atoms with Crippen LogP contribution in [0.15, 0.2) is 28.8 Å². The third kappa shape index (κ3) is 3.02. The molecule has 0 saturated carbocycles. The van der Waals surface area contributed by atoms with Gasteiger partial charge in [0.1, 0.15) is 0 Å². The van der Waals surface area contributed by atoms with Crippen LogP contribution in [0.5, 0.6) is 0 Å². The van der Waals surface area contributed by atoms with E-state index in [2.05, 4.69) is 17.4 Å². The molecular formula is C15H18N2O2. The topological polar surface area (TPSA) is 55.1 Å². The Morgan fingerprint density at radius 1 is 1.32 bits per heavy atom. The van der Waals surface area contributed by atoms with Gasteiger partial charge in [-0.1, -0.05) is 36.7 Å². The van der Waals surface area contributed by atoms with Gasteiger partial charge in [-0.25, -0.2) is 0 Å². The van der Waals surface area contributed by atoms with Crippen molar-refractivity contribution in [2.24, 2.45) is 0 Å². The first-order valence-corrected chi connectivity index (χ1v) is 6.45. The number of amides is 1. The van der Waals surface area contributed by atoms with Crippen LogP contribution in [0.25, 0.3) is 0 Å². The first-order chi connectivity index (χ1) is 9.11. The molecule has 1 aromatic carbocycles. The van der Waals surface area contributed by atoms with E-state index in [-0.39, 0.29) is 5.91 Å². The normalized spacial score (nSPS) is 10.5. The Morgan fingerprint density at radius 2 is 2.00 bits per heavy atom. The van der Waals surface area contributed by atoms with Gasteiger partial charge in [-0.15, -0.1) is 0 Å². The van der Waals surface area contributed by atoms with Gasteiger partial charge < -0.3 is 4.52 Å². The van der Waals surface area contributed by atoms with Crippen molar-refractivity contribution in [1.29, 1.82) is 0 Å². The van der Waals surface area contributed by atoms with Gasteiger partial charge in [0.05, 0.1) is 5.69 Å². The van der Waals surface area contributed by atoms with Crippen LogP contribution in [0.2, 0.25) is 0 Å². The minimum Gasteiger partial charge on any atom is -0.338 e. The van der Waals surface area contributed by atoms with Crippen LogP contribution in [0, 0.1) is 13.8 Å². The summed E-state index contributed by atoms with van der Waals surface area (Å²) in [6.45, 7) is 5.92. The molecule has 100 valence electrons. The maximum Gasteiger partial charge on any atom is 0.258 e. The van der Waals surface area contributed by atoms with Gasteiger partial charge in [-0.2, -0.15) is 0 Å². The highest BCUT2D eigenvalue weighted by Crippen LogP contribution is 2.17. The van der Waals surface area contributed by atoms with E-state index in [9.17, 15) is 4.79 Å². The molecule has 2 rings (SSSR count). The SMILES string of the molecule is CCCc1cc(NC(=O)c2c(C)cccc2C)on1. The van der Waals surface area contributed by atoms with Gasteiger partial charge in [0.25, 0.3) is 5.91 Å². The second kappa shape index (κ2) is 5.69. The Balaban J connectivity index is 2.16. The number of carbonyl (C=O) groups excluding carboxylic acids is 1. The number of nitrogens with one attached hydrogen (secondary N) is 1. The fraction of sp³-hybridized carbons (Fsp3) is 0.333. The van der Waals surface area contributed by atoms with Crippen LogP contribution in [0.3, 0.4) is 0 Å². The molecule has 0 atom stereocenters. The molecule has 4 nitrogen and oxygen atoms in total. The third-order valence-corrected chi connectivity index (χ3v) is 3.01. The summed E-state index contributed by atoms with van der Waals surface area (Å²) >= 11 is 0. The van der Waals surface area contributed by atoms with Crippen molar-refractivity contribution in [3.8, 4) is 0 Å². The molecule has 1 amide bonds. The minimum atomic E-state index is -0.158. The van der Waals surface area contributed by atoms with E-state index in [0.29, 0.717) is 11.4 Å². The lowest BCUT2D eigenvalue weighted by molar-refractivity contribution is 0.102. The number of hydrogen-bond donors (Lipinski definition) is 1. The van der Waals surface area contributed by atoms with E-state index in [0.717, 1.165) is 29.7 Å². The van der Waals surface area contributed by atoms with Gasteiger partial charge in [0.15, 0.2) is 0 Å². The predicted octanol–water partition coefficient (Wildman–Crippen LogP) is 3.50. The predicted molar refractivity (Wildman–Crippen MR) is 74.4 cm³/mol. The zero-order chi connectivity index (χ0) is 13.8. The highest BCUT2D eigenvalue weighted by Gasteiger charge is 2.14. The standard InChI is InChI=1S/C15H18N2O2/c1-4-6-12-9-13(19-17-12)16-15(18)14-10(2)7-5-8-11(14)3/h5,7-9H,4,6H2,1-3H3,(H,16,18). The van der Waals surface area contributed by atoms with E-state index >= 15 is 0 Å². The van der Waals surface area contributed by atoms with Crippen molar-refractivity contribution in [3.63, 3.8) is 0 Å². The summed E-state index contributed by atoms with van der Waals surface area (Å²) in [6.07, 6.45) is 1.85. The molecule has 1 N–H and O–H groups in total. The maximum atomic E-state index is 12.2. The number of benzene rings is 1. The van der Waals surface area contributed by atoms with Gasteiger partial charge in [-0.05, 0) is 31.4 Å². The van der Waals surface area contributed by atoms with E-state index in [1.807, 2.05) is 32.0 Å². The molecule has 0 fully saturated rings. The molecule has 1 aromatic heterocycles. The van der Waals surface area contributed by atoms with E-state index in [1.165, 1.54) is 0 Å². The molecule has 0 spiro atoms. The van der Waals surface area contributed by atoms with Crippen molar-refractivity contribution in [3.05, 3.63) is 46.6 Å². The Hall–Kier alpha value is -2.10. The summed E-state index contributed by atoms with van der Waals surface area (Å²) in [4.78, 5) is 12.2. The van der Waals surface area contributed by atoms with Crippen LogP contribution in [-0.4, -0.2) is 11.1 Å². The van der Waals surface area contributed by atoms with Gasteiger partial charge in [0, 0.05) is 11.6 Å². The molecule has 0 saturated heterocycles.